The predicted octanol–water partition coefficient (Wildman–Crippen LogP) is 3.48. The van der Waals surface area contributed by atoms with Gasteiger partial charge in [-0.05, 0) is 24.6 Å². The molecule has 0 saturated carbocycles. The molecule has 0 radical (unpaired) electrons. The van der Waals surface area contributed by atoms with Crippen LogP contribution in [0.25, 0.3) is 6.08 Å². The topological polar surface area (TPSA) is 62.1 Å². The summed E-state index contributed by atoms with van der Waals surface area (Å²) < 4.78 is 5.44. The molecule has 0 saturated heterocycles. The Morgan fingerprint density at radius 2 is 1.92 bits per heavy atom. The third kappa shape index (κ3) is 4.99. The number of terminal acetylenes is 1. The molecule has 0 aromatic heterocycles. The first kappa shape index (κ1) is 17.8. The van der Waals surface area contributed by atoms with Crippen LogP contribution in [-0.4, -0.2) is 12.5 Å². The Hall–Kier alpha value is -3.50. The van der Waals surface area contributed by atoms with Gasteiger partial charge in [0, 0.05) is 5.56 Å². The van der Waals surface area contributed by atoms with Crippen LogP contribution < -0.4 is 10.1 Å². The minimum absolute atomic E-state index is 0.000427. The quantitative estimate of drug-likeness (QED) is 0.501. The molecule has 0 spiro atoms. The number of rotatable bonds is 6. The Morgan fingerprint density at radius 1 is 1.24 bits per heavy atom. The highest BCUT2D eigenvalue weighted by atomic mass is 16.5. The fraction of sp³-hybridized carbons (Fsp3) is 0.143. The summed E-state index contributed by atoms with van der Waals surface area (Å²) in [6.45, 7) is 1.98. The van der Waals surface area contributed by atoms with E-state index in [0.29, 0.717) is 11.3 Å². The van der Waals surface area contributed by atoms with Gasteiger partial charge in [-0.1, -0.05) is 54.5 Å². The van der Waals surface area contributed by atoms with Gasteiger partial charge < -0.3 is 10.1 Å². The first-order valence-electron chi connectivity index (χ1n) is 7.78. The van der Waals surface area contributed by atoms with Gasteiger partial charge in [-0.15, -0.1) is 6.42 Å². The number of nitriles is 1. The van der Waals surface area contributed by atoms with Gasteiger partial charge in [-0.2, -0.15) is 5.26 Å². The fourth-order valence-electron chi connectivity index (χ4n) is 2.25. The van der Waals surface area contributed by atoms with Gasteiger partial charge in [0.2, 0.25) is 0 Å². The molecule has 25 heavy (non-hydrogen) atoms. The van der Waals surface area contributed by atoms with Gasteiger partial charge in [0.15, 0.2) is 0 Å². The van der Waals surface area contributed by atoms with Crippen LogP contribution in [-0.2, 0) is 4.79 Å². The lowest BCUT2D eigenvalue weighted by Gasteiger charge is -2.14. The molecule has 0 fully saturated rings. The standard InChI is InChI=1S/C21H18N2O2/c1-3-13-25-20-12-8-7-11-18(20)14-19(15-22)21(24)23-16(2)17-9-5-4-6-10-17/h1,4-12,14,16H,13H2,2H3,(H,23,24)/b19-14+/t16-/m1/s1. The van der Waals surface area contributed by atoms with Crippen LogP contribution in [0.2, 0.25) is 0 Å². The third-order valence-corrected chi connectivity index (χ3v) is 3.54. The minimum Gasteiger partial charge on any atom is -0.480 e. The molecule has 0 heterocycles. The van der Waals surface area contributed by atoms with E-state index in [1.807, 2.05) is 43.3 Å². The van der Waals surface area contributed by atoms with Crippen molar-refractivity contribution in [3.05, 3.63) is 71.3 Å². The number of para-hydroxylation sites is 1. The zero-order chi connectivity index (χ0) is 18.1. The summed E-state index contributed by atoms with van der Waals surface area (Å²) >= 11 is 0. The lowest BCUT2D eigenvalue weighted by molar-refractivity contribution is -0.117. The van der Waals surface area contributed by atoms with Gasteiger partial charge in [-0.3, -0.25) is 4.79 Å². The number of carbonyl (C=O) groups is 1. The smallest absolute Gasteiger partial charge is 0.262 e. The Kier molecular flexibility index (Phi) is 6.39. The largest absolute Gasteiger partial charge is 0.480 e. The first-order chi connectivity index (χ1) is 12.2. The summed E-state index contributed by atoms with van der Waals surface area (Å²) in [5, 5.41) is 12.2. The van der Waals surface area contributed by atoms with Gasteiger partial charge >= 0.3 is 0 Å². The zero-order valence-corrected chi connectivity index (χ0v) is 13.9. The summed E-state index contributed by atoms with van der Waals surface area (Å²) in [5.74, 6) is 2.48. The molecule has 4 nitrogen and oxygen atoms in total. The van der Waals surface area contributed by atoms with Crippen molar-refractivity contribution >= 4 is 12.0 Å². The second kappa shape index (κ2) is 8.96. The number of nitrogens with one attached hydrogen (secondary N) is 1. The fourth-order valence-corrected chi connectivity index (χ4v) is 2.25. The van der Waals surface area contributed by atoms with Crippen molar-refractivity contribution in [1.82, 2.24) is 5.32 Å². The SMILES string of the molecule is C#CCOc1ccccc1/C=C(\C#N)C(=O)N[C@H](C)c1ccccc1. The summed E-state index contributed by atoms with van der Waals surface area (Å²) in [5.41, 5.74) is 1.59. The molecule has 2 aromatic carbocycles. The Morgan fingerprint density at radius 3 is 2.60 bits per heavy atom. The number of nitrogens with zero attached hydrogens (tertiary/aromatic N) is 1. The van der Waals surface area contributed by atoms with Crippen molar-refractivity contribution in [2.24, 2.45) is 0 Å². The highest BCUT2D eigenvalue weighted by molar-refractivity contribution is 6.02. The molecule has 1 atom stereocenters. The molecule has 0 bridgehead atoms. The number of hydrogen-bond donors (Lipinski definition) is 1. The van der Waals surface area contributed by atoms with E-state index in [1.165, 1.54) is 6.08 Å². The van der Waals surface area contributed by atoms with Crippen LogP contribution in [0.15, 0.2) is 60.2 Å². The van der Waals surface area contributed by atoms with E-state index < -0.39 is 5.91 Å². The molecule has 0 aliphatic rings. The summed E-state index contributed by atoms with van der Waals surface area (Å²) in [7, 11) is 0. The normalized spacial score (nSPS) is 11.7. The van der Waals surface area contributed by atoms with E-state index in [4.69, 9.17) is 11.2 Å². The van der Waals surface area contributed by atoms with E-state index in [-0.39, 0.29) is 18.2 Å². The van der Waals surface area contributed by atoms with Crippen LogP contribution in [0.3, 0.4) is 0 Å². The third-order valence-electron chi connectivity index (χ3n) is 3.54. The van der Waals surface area contributed by atoms with Gasteiger partial charge in [0.05, 0.1) is 6.04 Å². The van der Waals surface area contributed by atoms with Crippen molar-refractivity contribution in [3.63, 3.8) is 0 Å². The van der Waals surface area contributed by atoms with E-state index in [1.54, 1.807) is 24.3 Å². The lowest BCUT2D eigenvalue weighted by Crippen LogP contribution is -2.27. The molecule has 1 N–H and O–H groups in total. The molecule has 124 valence electrons. The monoisotopic (exact) mass is 330 g/mol. The highest BCUT2D eigenvalue weighted by Gasteiger charge is 2.14. The Bertz CT molecular complexity index is 842. The molecular formula is C21H18N2O2. The Labute approximate surface area is 147 Å². The number of carbonyl (C=O) groups excluding carboxylic acids is 1. The molecule has 2 rings (SSSR count). The van der Waals surface area contributed by atoms with Gasteiger partial charge in [-0.25, -0.2) is 0 Å². The summed E-state index contributed by atoms with van der Waals surface area (Å²) in [6.07, 6.45) is 6.70. The molecule has 0 unspecified atom stereocenters. The van der Waals surface area contributed by atoms with Crippen molar-refractivity contribution in [1.29, 1.82) is 5.26 Å². The number of hydrogen-bond acceptors (Lipinski definition) is 3. The second-order valence-corrected chi connectivity index (χ2v) is 5.31. The van der Waals surface area contributed by atoms with Crippen molar-refractivity contribution in [3.8, 4) is 24.2 Å². The summed E-state index contributed by atoms with van der Waals surface area (Å²) in [4.78, 5) is 12.4. The summed E-state index contributed by atoms with van der Waals surface area (Å²) in [6, 6.07) is 18.4. The molecule has 4 heteroatoms. The van der Waals surface area contributed by atoms with Crippen LogP contribution in [0.4, 0.5) is 0 Å². The van der Waals surface area contributed by atoms with Crippen molar-refractivity contribution < 1.29 is 9.53 Å². The number of amides is 1. The number of ether oxygens (including phenoxy) is 1. The molecule has 0 aliphatic carbocycles. The van der Waals surface area contributed by atoms with Crippen LogP contribution in [0, 0.1) is 23.7 Å². The average Bonchev–Trinajstić information content (AvgIpc) is 2.65. The van der Waals surface area contributed by atoms with Crippen LogP contribution in [0.1, 0.15) is 24.1 Å². The van der Waals surface area contributed by atoms with Crippen molar-refractivity contribution in [2.75, 3.05) is 6.61 Å². The molecule has 1 amide bonds. The first-order valence-corrected chi connectivity index (χ1v) is 7.78. The second-order valence-electron chi connectivity index (χ2n) is 5.31. The van der Waals surface area contributed by atoms with Crippen LogP contribution in [0.5, 0.6) is 5.75 Å². The van der Waals surface area contributed by atoms with Crippen molar-refractivity contribution in [2.45, 2.75) is 13.0 Å². The lowest BCUT2D eigenvalue weighted by atomic mass is 10.1. The molecular weight excluding hydrogens is 312 g/mol. The molecule has 0 aliphatic heterocycles. The predicted molar refractivity (Wildman–Crippen MR) is 97.4 cm³/mol. The van der Waals surface area contributed by atoms with E-state index >= 15 is 0 Å². The maximum absolute atomic E-state index is 12.4. The Balaban J connectivity index is 2.19. The van der Waals surface area contributed by atoms with Gasteiger partial charge in [0.25, 0.3) is 5.91 Å². The highest BCUT2D eigenvalue weighted by Crippen LogP contribution is 2.21. The zero-order valence-electron chi connectivity index (χ0n) is 13.9. The van der Waals surface area contributed by atoms with Gasteiger partial charge in [0.1, 0.15) is 24.0 Å². The minimum atomic E-state index is -0.439. The maximum Gasteiger partial charge on any atom is 0.262 e. The van der Waals surface area contributed by atoms with E-state index in [0.717, 1.165) is 5.56 Å². The number of benzene rings is 2. The average molecular weight is 330 g/mol. The van der Waals surface area contributed by atoms with E-state index in [2.05, 4.69) is 11.2 Å². The van der Waals surface area contributed by atoms with Crippen LogP contribution >= 0.6 is 0 Å². The van der Waals surface area contributed by atoms with E-state index in [9.17, 15) is 10.1 Å². The maximum atomic E-state index is 12.4. The molecule has 2 aromatic rings.